The molecule has 0 N–H and O–H groups in total. The second-order valence-electron chi connectivity index (χ2n) is 4.65. The van der Waals surface area contributed by atoms with E-state index in [0.717, 1.165) is 6.61 Å². The van der Waals surface area contributed by atoms with Crippen molar-refractivity contribution in [2.75, 3.05) is 6.61 Å². The van der Waals surface area contributed by atoms with Gasteiger partial charge in [0.2, 0.25) is 8.32 Å². The van der Waals surface area contributed by atoms with Crippen LogP contribution < -0.4 is 5.19 Å². The predicted molar refractivity (Wildman–Crippen MR) is 78.3 cm³/mol. The van der Waals surface area contributed by atoms with Crippen molar-refractivity contribution in [2.24, 2.45) is 0 Å². The zero-order valence-corrected chi connectivity index (χ0v) is 12.5. The molecule has 0 bridgehead atoms. The Kier molecular flexibility index (Phi) is 6.52. The summed E-state index contributed by atoms with van der Waals surface area (Å²) in [6.07, 6.45) is 3.78. The van der Waals surface area contributed by atoms with Crippen LogP contribution in [0.1, 0.15) is 40.0 Å². The summed E-state index contributed by atoms with van der Waals surface area (Å²) < 4.78 is 6.30. The minimum Gasteiger partial charge on any atom is -0.413 e. The van der Waals surface area contributed by atoms with Crippen LogP contribution in [0.15, 0.2) is 30.3 Å². The molecule has 0 aliphatic carbocycles. The fourth-order valence-corrected chi connectivity index (χ4v) is 6.89. The molecule has 0 aliphatic heterocycles. The van der Waals surface area contributed by atoms with E-state index in [2.05, 4.69) is 51.1 Å². The largest absolute Gasteiger partial charge is 0.413 e. The summed E-state index contributed by atoms with van der Waals surface area (Å²) in [6, 6.07) is 13.5. The van der Waals surface area contributed by atoms with Gasteiger partial charge in [0.1, 0.15) is 0 Å². The van der Waals surface area contributed by atoms with Crippen LogP contribution in [0.4, 0.5) is 0 Å². The van der Waals surface area contributed by atoms with Gasteiger partial charge < -0.3 is 4.43 Å². The smallest absolute Gasteiger partial charge is 0.224 e. The van der Waals surface area contributed by atoms with Gasteiger partial charge in [-0.25, -0.2) is 0 Å². The average molecular weight is 250 g/mol. The van der Waals surface area contributed by atoms with Crippen LogP contribution in [-0.2, 0) is 4.43 Å². The topological polar surface area (TPSA) is 9.23 Å². The second kappa shape index (κ2) is 7.67. The van der Waals surface area contributed by atoms with Gasteiger partial charge in [-0.3, -0.25) is 0 Å². The molecule has 0 aromatic heterocycles. The lowest BCUT2D eigenvalue weighted by molar-refractivity contribution is 0.327. The van der Waals surface area contributed by atoms with Crippen LogP contribution in [0.2, 0.25) is 12.1 Å². The molecule has 0 saturated carbocycles. The van der Waals surface area contributed by atoms with Crippen molar-refractivity contribution in [3.63, 3.8) is 0 Å². The van der Waals surface area contributed by atoms with E-state index in [4.69, 9.17) is 4.43 Å². The first-order valence-corrected chi connectivity index (χ1v) is 9.30. The van der Waals surface area contributed by atoms with Gasteiger partial charge in [0, 0.05) is 6.61 Å². The minimum atomic E-state index is -1.69. The fourth-order valence-electron chi connectivity index (χ4n) is 2.53. The second-order valence-corrected chi connectivity index (χ2v) is 8.50. The summed E-state index contributed by atoms with van der Waals surface area (Å²) in [5.41, 5.74) is 0. The molecular formula is C15H26OSi. The van der Waals surface area contributed by atoms with Gasteiger partial charge in [-0.2, -0.15) is 0 Å². The van der Waals surface area contributed by atoms with Crippen LogP contribution in [-0.4, -0.2) is 14.9 Å². The maximum absolute atomic E-state index is 6.30. The first-order chi connectivity index (χ1) is 8.29. The molecular weight excluding hydrogens is 224 g/mol. The molecule has 1 atom stereocenters. The third-order valence-electron chi connectivity index (χ3n) is 3.31. The lowest BCUT2D eigenvalue weighted by Crippen LogP contribution is -2.50. The van der Waals surface area contributed by atoms with Gasteiger partial charge in [-0.05, 0) is 24.2 Å². The summed E-state index contributed by atoms with van der Waals surface area (Å²) in [7, 11) is -1.69. The van der Waals surface area contributed by atoms with Crippen LogP contribution >= 0.6 is 0 Å². The summed E-state index contributed by atoms with van der Waals surface area (Å²) in [4.78, 5) is 0. The maximum Gasteiger partial charge on any atom is 0.224 e. The number of hydrogen-bond acceptors (Lipinski definition) is 1. The Balaban J connectivity index is 2.95. The van der Waals surface area contributed by atoms with E-state index in [0.29, 0.717) is 0 Å². The van der Waals surface area contributed by atoms with Gasteiger partial charge in [-0.1, -0.05) is 63.4 Å². The maximum atomic E-state index is 6.30. The monoisotopic (exact) mass is 250 g/mol. The van der Waals surface area contributed by atoms with Crippen molar-refractivity contribution in [3.05, 3.63) is 30.3 Å². The fraction of sp³-hybridized carbons (Fsp3) is 0.600. The molecule has 1 aromatic carbocycles. The molecule has 0 amide bonds. The normalized spacial score (nSPS) is 14.5. The Morgan fingerprint density at radius 3 is 2.18 bits per heavy atom. The summed E-state index contributed by atoms with van der Waals surface area (Å²) in [5, 5.41) is 1.48. The molecule has 1 rings (SSSR count). The molecule has 0 fully saturated rings. The molecule has 0 aliphatic rings. The van der Waals surface area contributed by atoms with Crippen molar-refractivity contribution < 1.29 is 4.43 Å². The van der Waals surface area contributed by atoms with Crippen molar-refractivity contribution in [1.29, 1.82) is 0 Å². The Labute approximate surface area is 107 Å². The van der Waals surface area contributed by atoms with Gasteiger partial charge in [-0.15, -0.1) is 0 Å². The molecule has 0 spiro atoms. The highest BCUT2D eigenvalue weighted by atomic mass is 28.4. The van der Waals surface area contributed by atoms with Crippen molar-refractivity contribution in [2.45, 2.75) is 52.1 Å². The summed E-state index contributed by atoms with van der Waals surface area (Å²) >= 11 is 0. The van der Waals surface area contributed by atoms with E-state index >= 15 is 0 Å². The van der Waals surface area contributed by atoms with Crippen molar-refractivity contribution in [3.8, 4) is 0 Å². The molecule has 1 nitrogen and oxygen atoms in total. The van der Waals surface area contributed by atoms with Gasteiger partial charge in [0.15, 0.2) is 0 Å². The lowest BCUT2D eigenvalue weighted by Gasteiger charge is -2.31. The lowest BCUT2D eigenvalue weighted by atomic mass is 10.4. The molecule has 0 saturated heterocycles. The molecule has 2 heteroatoms. The Hall–Kier alpha value is -0.603. The number of rotatable bonds is 8. The van der Waals surface area contributed by atoms with Crippen molar-refractivity contribution in [1.82, 2.24) is 0 Å². The van der Waals surface area contributed by atoms with Crippen LogP contribution in [0.5, 0.6) is 0 Å². The summed E-state index contributed by atoms with van der Waals surface area (Å²) in [5.74, 6) is 0. The van der Waals surface area contributed by atoms with Gasteiger partial charge in [0.25, 0.3) is 0 Å². The molecule has 17 heavy (non-hydrogen) atoms. The third-order valence-corrected chi connectivity index (χ3v) is 8.00. The molecule has 96 valence electrons. The number of hydrogen-bond donors (Lipinski definition) is 0. The Bertz CT molecular complexity index is 291. The van der Waals surface area contributed by atoms with E-state index in [9.17, 15) is 0 Å². The molecule has 1 aromatic rings. The highest BCUT2D eigenvalue weighted by molar-refractivity contribution is 6.86. The van der Waals surface area contributed by atoms with E-state index in [1.54, 1.807) is 0 Å². The number of benzene rings is 1. The zero-order valence-electron chi connectivity index (χ0n) is 11.5. The highest BCUT2D eigenvalue weighted by Gasteiger charge is 2.34. The standard InChI is InChI=1S/C15H26OSi/c1-4-7-14-17(13-5-2,16-6-3)15-11-9-8-10-12-15/h8-12H,4-7,13-14H2,1-3H3. The van der Waals surface area contributed by atoms with E-state index < -0.39 is 8.32 Å². The van der Waals surface area contributed by atoms with Crippen LogP contribution in [0, 0.1) is 0 Å². The van der Waals surface area contributed by atoms with E-state index in [1.807, 2.05) is 0 Å². The molecule has 0 heterocycles. The van der Waals surface area contributed by atoms with Crippen molar-refractivity contribution >= 4 is 13.5 Å². The third kappa shape index (κ3) is 3.97. The number of unbranched alkanes of at least 4 members (excludes halogenated alkanes) is 1. The van der Waals surface area contributed by atoms with Crippen LogP contribution in [0.3, 0.4) is 0 Å². The first kappa shape index (κ1) is 14.5. The predicted octanol–water partition coefficient (Wildman–Crippen LogP) is 4.09. The minimum absolute atomic E-state index is 0.852. The first-order valence-electron chi connectivity index (χ1n) is 6.98. The van der Waals surface area contributed by atoms with E-state index in [-0.39, 0.29) is 0 Å². The van der Waals surface area contributed by atoms with Gasteiger partial charge in [0.05, 0.1) is 0 Å². The quantitative estimate of drug-likeness (QED) is 0.632. The highest BCUT2D eigenvalue weighted by Crippen LogP contribution is 2.22. The van der Waals surface area contributed by atoms with Gasteiger partial charge >= 0.3 is 0 Å². The SMILES string of the molecule is CCCC[Si](CCC)(OCC)c1ccccc1. The Morgan fingerprint density at radius 1 is 0.941 bits per heavy atom. The van der Waals surface area contributed by atoms with E-state index in [1.165, 1.54) is 36.5 Å². The zero-order chi connectivity index (χ0) is 12.6. The average Bonchev–Trinajstić information content (AvgIpc) is 2.37. The summed E-state index contributed by atoms with van der Waals surface area (Å²) in [6.45, 7) is 7.52. The Morgan fingerprint density at radius 2 is 1.65 bits per heavy atom. The molecule has 0 radical (unpaired) electrons. The molecule has 1 unspecified atom stereocenters. The van der Waals surface area contributed by atoms with Crippen LogP contribution in [0.25, 0.3) is 0 Å².